The lowest BCUT2D eigenvalue weighted by Crippen LogP contribution is -2.17. The number of alkyl halides is 1. The van der Waals surface area contributed by atoms with Crippen molar-refractivity contribution in [3.8, 4) is 0 Å². The molecule has 0 saturated carbocycles. The molecule has 112 valence electrons. The third-order valence-corrected chi connectivity index (χ3v) is 2.75. The van der Waals surface area contributed by atoms with Crippen molar-refractivity contribution in [2.75, 3.05) is 19.6 Å². The monoisotopic (exact) mass is 280 g/mol. The molecule has 0 aromatic carbocycles. The molecule has 0 rings (SSSR count). The van der Waals surface area contributed by atoms with Crippen LogP contribution in [0.4, 0.5) is 0 Å². The van der Waals surface area contributed by atoms with E-state index in [-0.39, 0.29) is 6.29 Å². The Morgan fingerprint density at radius 3 is 1.61 bits per heavy atom. The van der Waals surface area contributed by atoms with Crippen LogP contribution in [0.25, 0.3) is 0 Å². The normalized spacial score (nSPS) is 10.3. The van der Waals surface area contributed by atoms with Crippen molar-refractivity contribution in [1.82, 2.24) is 0 Å². The molecule has 0 atom stereocenters. The third-order valence-electron chi connectivity index (χ3n) is 2.75. The molecule has 0 fully saturated rings. The van der Waals surface area contributed by atoms with Gasteiger partial charge in [0.15, 0.2) is 6.29 Å². The van der Waals surface area contributed by atoms with Crippen LogP contribution in [-0.2, 0) is 9.47 Å². The Hall–Kier alpha value is 0.210. The summed E-state index contributed by atoms with van der Waals surface area (Å²) >= 11 is 4.64. The molecule has 0 N–H and O–H groups in total. The molecule has 0 aromatic heterocycles. The summed E-state index contributed by atoms with van der Waals surface area (Å²) in [6.45, 7) is 7.81. The summed E-state index contributed by atoms with van der Waals surface area (Å²) in [7, 11) is 0. The molecule has 3 heteroatoms. The predicted molar refractivity (Wildman–Crippen MR) is 81.4 cm³/mol. The minimum absolute atomic E-state index is 0.0330. The van der Waals surface area contributed by atoms with Gasteiger partial charge in [-0.15, -0.1) is 11.6 Å². The van der Waals surface area contributed by atoms with Crippen LogP contribution in [0.15, 0.2) is 0 Å². The lowest BCUT2D eigenvalue weighted by atomic mass is 10.1. The van der Waals surface area contributed by atoms with Crippen LogP contribution in [0.1, 0.15) is 72.1 Å². The summed E-state index contributed by atoms with van der Waals surface area (Å²) in [5.41, 5.74) is 0. The fourth-order valence-electron chi connectivity index (χ4n) is 1.85. The van der Waals surface area contributed by atoms with E-state index in [4.69, 9.17) is 9.47 Å². The number of hydrogen-bond acceptors (Lipinski definition) is 2. The fraction of sp³-hybridized carbons (Fsp3) is 1.00. The topological polar surface area (TPSA) is 18.5 Å². The first-order valence-electron chi connectivity index (χ1n) is 7.46. The van der Waals surface area contributed by atoms with Crippen molar-refractivity contribution in [2.45, 2.75) is 78.4 Å². The molecule has 0 aliphatic rings. The van der Waals surface area contributed by atoms with E-state index in [1.54, 1.807) is 0 Å². The van der Waals surface area contributed by atoms with Crippen LogP contribution in [0.5, 0.6) is 0 Å². The van der Waals surface area contributed by atoms with Crippen molar-refractivity contribution in [3.05, 3.63) is 0 Å². The van der Waals surface area contributed by atoms with Gasteiger partial charge in [0.1, 0.15) is 0 Å². The molecule has 0 spiro atoms. The molecule has 0 unspecified atom stereocenters. The first-order chi connectivity index (χ1) is 8.85. The largest absolute Gasteiger partial charge is 0.353 e. The first kappa shape index (κ1) is 20.5. The van der Waals surface area contributed by atoms with E-state index in [1.165, 1.54) is 51.3 Å². The molecule has 0 amide bonds. The van der Waals surface area contributed by atoms with Gasteiger partial charge in [-0.3, -0.25) is 0 Å². The highest BCUT2D eigenvalue weighted by Gasteiger charge is 2.06. The Morgan fingerprint density at radius 2 is 1.17 bits per heavy atom. The van der Waals surface area contributed by atoms with Gasteiger partial charge < -0.3 is 9.47 Å². The predicted octanol–water partition coefficient (Wildman–Crippen LogP) is 5.38. The maximum atomic E-state index is 5.51. The van der Waals surface area contributed by atoms with Crippen molar-refractivity contribution < 1.29 is 9.47 Å². The van der Waals surface area contributed by atoms with E-state index in [2.05, 4.69) is 18.5 Å². The highest BCUT2D eigenvalue weighted by Crippen LogP contribution is 2.11. The molecule has 0 heterocycles. The summed E-state index contributed by atoms with van der Waals surface area (Å²) in [6, 6.07) is 0. The highest BCUT2D eigenvalue weighted by molar-refractivity contribution is 6.15. The fourth-order valence-corrected chi connectivity index (χ4v) is 1.85. The van der Waals surface area contributed by atoms with Crippen molar-refractivity contribution in [1.29, 1.82) is 0 Å². The van der Waals surface area contributed by atoms with Gasteiger partial charge in [-0.05, 0) is 26.7 Å². The summed E-state index contributed by atoms with van der Waals surface area (Å²) < 4.78 is 11.0. The molecular weight excluding hydrogens is 248 g/mol. The molecule has 0 saturated heterocycles. The van der Waals surface area contributed by atoms with Gasteiger partial charge >= 0.3 is 0 Å². The summed E-state index contributed by atoms with van der Waals surface area (Å²) in [6.07, 6.45) is 12.0. The average molecular weight is 281 g/mol. The Balaban J connectivity index is 0. The third kappa shape index (κ3) is 16.2. The maximum Gasteiger partial charge on any atom is 0.157 e. The average Bonchev–Trinajstić information content (AvgIpc) is 2.40. The second-order valence-corrected chi connectivity index (χ2v) is 4.25. The Bertz CT molecular complexity index is 126. The van der Waals surface area contributed by atoms with E-state index >= 15 is 0 Å². The van der Waals surface area contributed by atoms with Crippen LogP contribution < -0.4 is 0 Å². The molecule has 0 radical (unpaired) electrons. The highest BCUT2D eigenvalue weighted by atomic mass is 35.5. The van der Waals surface area contributed by atoms with E-state index in [0.29, 0.717) is 0 Å². The minimum atomic E-state index is 0.0330. The van der Waals surface area contributed by atoms with E-state index in [1.807, 2.05) is 13.8 Å². The lowest BCUT2D eigenvalue weighted by Gasteiger charge is -2.16. The van der Waals surface area contributed by atoms with Crippen LogP contribution >= 0.6 is 11.6 Å². The summed E-state index contributed by atoms with van der Waals surface area (Å²) in [5, 5.41) is 0. The summed E-state index contributed by atoms with van der Waals surface area (Å²) in [5.74, 6) is 0. The molecule has 18 heavy (non-hydrogen) atoms. The van der Waals surface area contributed by atoms with Crippen LogP contribution in [0.3, 0.4) is 0 Å². The zero-order valence-electron chi connectivity index (χ0n) is 12.8. The smallest absolute Gasteiger partial charge is 0.157 e. The van der Waals surface area contributed by atoms with Gasteiger partial charge in [-0.2, -0.15) is 0 Å². The minimum Gasteiger partial charge on any atom is -0.353 e. The van der Waals surface area contributed by atoms with Crippen molar-refractivity contribution in [3.63, 3.8) is 0 Å². The lowest BCUT2D eigenvalue weighted by molar-refractivity contribution is -0.140. The standard InChI is InChI=1S/C14H30O2.CH3Cl/c1-4-7-8-9-10-11-12-13-14(15-5-2)16-6-3;1-2/h14H,4-13H2,1-3H3;1H3. The quantitative estimate of drug-likeness (QED) is 0.271. The maximum absolute atomic E-state index is 5.51. The van der Waals surface area contributed by atoms with Gasteiger partial charge in [0.05, 0.1) is 0 Å². The number of halogens is 1. The van der Waals surface area contributed by atoms with Gasteiger partial charge in [0.2, 0.25) is 0 Å². The number of hydrogen-bond donors (Lipinski definition) is 0. The molecule has 0 aliphatic carbocycles. The number of unbranched alkanes of at least 4 members (excludes halogenated alkanes) is 6. The molecular formula is C15H33ClO2. The van der Waals surface area contributed by atoms with Crippen LogP contribution in [0.2, 0.25) is 0 Å². The molecule has 0 aliphatic heterocycles. The second-order valence-electron chi connectivity index (χ2n) is 4.25. The summed E-state index contributed by atoms with van der Waals surface area (Å²) in [4.78, 5) is 0. The van der Waals surface area contributed by atoms with E-state index < -0.39 is 0 Å². The number of rotatable bonds is 12. The Labute approximate surface area is 119 Å². The first-order valence-corrected chi connectivity index (χ1v) is 8.21. The van der Waals surface area contributed by atoms with Gasteiger partial charge in [-0.25, -0.2) is 0 Å². The second kappa shape index (κ2) is 19.5. The van der Waals surface area contributed by atoms with Gasteiger partial charge in [-0.1, -0.05) is 45.4 Å². The van der Waals surface area contributed by atoms with Crippen LogP contribution in [0, 0.1) is 0 Å². The number of ether oxygens (including phenoxy) is 2. The zero-order chi connectivity index (χ0) is 14.1. The molecule has 0 aromatic rings. The van der Waals surface area contributed by atoms with Crippen molar-refractivity contribution in [2.24, 2.45) is 0 Å². The molecule has 0 bridgehead atoms. The SMILES string of the molecule is CCCCCCCCCC(OCC)OCC.CCl. The van der Waals surface area contributed by atoms with Gasteiger partial charge in [0.25, 0.3) is 0 Å². The Kier molecular flexibility index (Phi) is 22.3. The Morgan fingerprint density at radius 1 is 0.722 bits per heavy atom. The zero-order valence-corrected chi connectivity index (χ0v) is 13.6. The van der Waals surface area contributed by atoms with Crippen molar-refractivity contribution >= 4 is 11.6 Å². The van der Waals surface area contributed by atoms with Crippen LogP contribution in [-0.4, -0.2) is 25.9 Å². The van der Waals surface area contributed by atoms with E-state index in [9.17, 15) is 0 Å². The van der Waals surface area contributed by atoms with E-state index in [0.717, 1.165) is 19.6 Å². The molecule has 2 nitrogen and oxygen atoms in total. The van der Waals surface area contributed by atoms with Gasteiger partial charge in [0, 0.05) is 19.6 Å².